The molecule has 5 heteroatoms. The molecule has 1 aliphatic carbocycles. The molecule has 0 N–H and O–H groups in total. The summed E-state index contributed by atoms with van der Waals surface area (Å²) in [7, 11) is 3.20. The smallest absolute Gasteiger partial charge is 0.252 e. The molecule has 0 radical (unpaired) electrons. The normalized spacial score (nSPS) is 14.9. The number of rotatable bonds is 6. The molecule has 0 spiro atoms. The van der Waals surface area contributed by atoms with Crippen molar-refractivity contribution in [2.45, 2.75) is 38.1 Å². The van der Waals surface area contributed by atoms with Gasteiger partial charge in [-0.25, -0.2) is 4.98 Å². The monoisotopic (exact) mass is 366 g/mol. The van der Waals surface area contributed by atoms with Crippen molar-refractivity contribution in [3.05, 3.63) is 54.2 Å². The molecule has 0 bridgehead atoms. The van der Waals surface area contributed by atoms with Crippen LogP contribution in [0.25, 0.3) is 6.08 Å². The standard InChI is InChI=1S/C22H26N2O3/c1-26-19-12-8-9-17(22(19)27-2)14-15-21(25)24(18-10-4-3-5-11-18)20-13-6-7-16-23-20/h6-9,12-16,18H,3-5,10-11H2,1-2H3. The number of carbonyl (C=O) groups excluding carboxylic acids is 1. The van der Waals surface area contributed by atoms with Crippen molar-refractivity contribution < 1.29 is 14.3 Å². The fourth-order valence-corrected chi connectivity index (χ4v) is 3.60. The highest BCUT2D eigenvalue weighted by atomic mass is 16.5. The van der Waals surface area contributed by atoms with Crippen LogP contribution in [0.3, 0.4) is 0 Å². The molecule has 1 aromatic heterocycles. The van der Waals surface area contributed by atoms with Gasteiger partial charge in [-0.2, -0.15) is 0 Å². The molecule has 0 atom stereocenters. The van der Waals surface area contributed by atoms with E-state index in [1.165, 1.54) is 6.42 Å². The van der Waals surface area contributed by atoms with Crippen LogP contribution < -0.4 is 14.4 Å². The summed E-state index contributed by atoms with van der Waals surface area (Å²) >= 11 is 0. The maximum atomic E-state index is 13.1. The minimum atomic E-state index is -0.0644. The zero-order valence-corrected chi connectivity index (χ0v) is 15.9. The number of carbonyl (C=O) groups is 1. The van der Waals surface area contributed by atoms with Crippen molar-refractivity contribution >= 4 is 17.8 Å². The first-order valence-corrected chi connectivity index (χ1v) is 9.38. The third-order valence-electron chi connectivity index (χ3n) is 4.91. The maximum Gasteiger partial charge on any atom is 0.252 e. The van der Waals surface area contributed by atoms with Crippen molar-refractivity contribution in [2.24, 2.45) is 0 Å². The third-order valence-corrected chi connectivity index (χ3v) is 4.91. The molecule has 0 aliphatic heterocycles. The van der Waals surface area contributed by atoms with Gasteiger partial charge in [0.2, 0.25) is 0 Å². The first kappa shape index (κ1) is 19.0. The van der Waals surface area contributed by atoms with Crippen molar-refractivity contribution in [3.63, 3.8) is 0 Å². The van der Waals surface area contributed by atoms with Gasteiger partial charge in [-0.15, -0.1) is 0 Å². The first-order chi connectivity index (χ1) is 13.2. The van der Waals surface area contributed by atoms with Crippen molar-refractivity contribution in [1.29, 1.82) is 0 Å². The van der Waals surface area contributed by atoms with E-state index in [1.54, 1.807) is 32.6 Å². The minimum Gasteiger partial charge on any atom is -0.493 e. The summed E-state index contributed by atoms with van der Waals surface area (Å²) in [6, 6.07) is 11.5. The molecule has 1 fully saturated rings. The number of nitrogens with zero attached hydrogens (tertiary/aromatic N) is 2. The Balaban J connectivity index is 1.88. The molecule has 0 unspecified atom stereocenters. The van der Waals surface area contributed by atoms with Crippen LogP contribution in [0, 0.1) is 0 Å². The molecule has 1 aliphatic rings. The summed E-state index contributed by atoms with van der Waals surface area (Å²) in [4.78, 5) is 19.4. The summed E-state index contributed by atoms with van der Waals surface area (Å²) in [5.74, 6) is 1.90. The second kappa shape index (κ2) is 9.21. The number of hydrogen-bond donors (Lipinski definition) is 0. The molecule has 1 heterocycles. The van der Waals surface area contributed by atoms with Crippen LogP contribution in [0.2, 0.25) is 0 Å². The average Bonchev–Trinajstić information content (AvgIpc) is 2.73. The van der Waals surface area contributed by atoms with E-state index in [9.17, 15) is 4.79 Å². The average molecular weight is 366 g/mol. The Morgan fingerprint density at radius 3 is 2.56 bits per heavy atom. The highest BCUT2D eigenvalue weighted by Gasteiger charge is 2.26. The van der Waals surface area contributed by atoms with Crippen LogP contribution in [0.15, 0.2) is 48.7 Å². The molecule has 142 valence electrons. The van der Waals surface area contributed by atoms with E-state index < -0.39 is 0 Å². The van der Waals surface area contributed by atoms with Crippen LogP contribution in [-0.4, -0.2) is 31.2 Å². The first-order valence-electron chi connectivity index (χ1n) is 9.38. The summed E-state index contributed by atoms with van der Waals surface area (Å²) in [5, 5.41) is 0. The molecule has 0 saturated heterocycles. The van der Waals surface area contributed by atoms with Crippen LogP contribution in [0.1, 0.15) is 37.7 Å². The molecular weight excluding hydrogens is 340 g/mol. The Morgan fingerprint density at radius 2 is 1.89 bits per heavy atom. The summed E-state index contributed by atoms with van der Waals surface area (Å²) < 4.78 is 10.8. The highest BCUT2D eigenvalue weighted by molar-refractivity contribution is 6.04. The van der Waals surface area contributed by atoms with Gasteiger partial charge < -0.3 is 9.47 Å². The molecule has 1 amide bonds. The lowest BCUT2D eigenvalue weighted by molar-refractivity contribution is -0.114. The lowest BCUT2D eigenvalue weighted by Crippen LogP contribution is -2.41. The lowest BCUT2D eigenvalue weighted by atomic mass is 9.94. The number of methoxy groups -OCH3 is 2. The van der Waals surface area contributed by atoms with Gasteiger partial charge in [0.05, 0.1) is 14.2 Å². The largest absolute Gasteiger partial charge is 0.493 e. The zero-order valence-electron chi connectivity index (χ0n) is 15.9. The lowest BCUT2D eigenvalue weighted by Gasteiger charge is -2.32. The van der Waals surface area contributed by atoms with Gasteiger partial charge in [-0.05, 0) is 37.1 Å². The van der Waals surface area contributed by atoms with Crippen molar-refractivity contribution in [2.75, 3.05) is 19.1 Å². The highest BCUT2D eigenvalue weighted by Crippen LogP contribution is 2.32. The number of hydrogen-bond acceptors (Lipinski definition) is 4. The number of ether oxygens (including phenoxy) is 2. The third kappa shape index (κ3) is 4.48. The second-order valence-corrected chi connectivity index (χ2v) is 6.60. The van der Waals surface area contributed by atoms with Gasteiger partial charge in [0, 0.05) is 23.9 Å². The fraction of sp³-hybridized carbons (Fsp3) is 0.364. The Kier molecular flexibility index (Phi) is 6.47. The SMILES string of the molecule is COc1cccc(C=CC(=O)N(c2ccccn2)C2CCCCC2)c1OC. The Labute approximate surface area is 160 Å². The van der Waals surface area contributed by atoms with E-state index >= 15 is 0 Å². The molecule has 3 rings (SSSR count). The van der Waals surface area contributed by atoms with Crippen LogP contribution >= 0.6 is 0 Å². The topological polar surface area (TPSA) is 51.7 Å². The van der Waals surface area contributed by atoms with E-state index in [0.717, 1.165) is 31.2 Å². The summed E-state index contributed by atoms with van der Waals surface area (Å²) in [5.41, 5.74) is 0.801. The number of amides is 1. The predicted octanol–water partition coefficient (Wildman–Crippen LogP) is 4.48. The quantitative estimate of drug-likeness (QED) is 0.708. The zero-order chi connectivity index (χ0) is 19.1. The van der Waals surface area contributed by atoms with Gasteiger partial charge in [-0.3, -0.25) is 9.69 Å². The summed E-state index contributed by atoms with van der Waals surface area (Å²) in [6.45, 7) is 0. The second-order valence-electron chi connectivity index (χ2n) is 6.60. The fourth-order valence-electron chi connectivity index (χ4n) is 3.60. The Hall–Kier alpha value is -2.82. The number of aromatic nitrogens is 1. The molecule has 27 heavy (non-hydrogen) atoms. The van der Waals surface area contributed by atoms with Gasteiger partial charge >= 0.3 is 0 Å². The maximum absolute atomic E-state index is 13.1. The minimum absolute atomic E-state index is 0.0644. The van der Waals surface area contributed by atoms with Crippen LogP contribution in [0.4, 0.5) is 5.82 Å². The van der Waals surface area contributed by atoms with Gasteiger partial charge in [0.1, 0.15) is 5.82 Å². The molecule has 2 aromatic rings. The Morgan fingerprint density at radius 1 is 1.07 bits per heavy atom. The van der Waals surface area contributed by atoms with E-state index in [2.05, 4.69) is 4.98 Å². The molecule has 5 nitrogen and oxygen atoms in total. The van der Waals surface area contributed by atoms with Gasteiger partial charge in [-0.1, -0.05) is 37.5 Å². The van der Waals surface area contributed by atoms with Crippen molar-refractivity contribution in [3.8, 4) is 11.5 Å². The summed E-state index contributed by atoms with van der Waals surface area (Å²) in [6.07, 6.45) is 10.7. The molecular formula is C22H26N2O3. The number of anilines is 1. The number of pyridine rings is 1. The van der Waals surface area contributed by atoms with E-state index in [1.807, 2.05) is 41.3 Å². The van der Waals surface area contributed by atoms with Gasteiger partial charge in [0.15, 0.2) is 11.5 Å². The molecule has 1 saturated carbocycles. The Bertz CT molecular complexity index is 783. The van der Waals surface area contributed by atoms with E-state index in [4.69, 9.17) is 9.47 Å². The molecule has 1 aromatic carbocycles. The van der Waals surface area contributed by atoms with E-state index in [-0.39, 0.29) is 11.9 Å². The van der Waals surface area contributed by atoms with Gasteiger partial charge in [0.25, 0.3) is 5.91 Å². The van der Waals surface area contributed by atoms with E-state index in [0.29, 0.717) is 17.3 Å². The van der Waals surface area contributed by atoms with Crippen LogP contribution in [-0.2, 0) is 4.79 Å². The van der Waals surface area contributed by atoms with Crippen molar-refractivity contribution in [1.82, 2.24) is 4.98 Å². The van der Waals surface area contributed by atoms with Crippen LogP contribution in [0.5, 0.6) is 11.5 Å². The number of para-hydroxylation sites is 1. The number of benzene rings is 1. The predicted molar refractivity (Wildman–Crippen MR) is 107 cm³/mol.